The van der Waals surface area contributed by atoms with Crippen LogP contribution in [0.5, 0.6) is 0 Å². The van der Waals surface area contributed by atoms with E-state index in [0.717, 1.165) is 84.3 Å². The number of aromatic carboxylic acids is 1. The minimum Gasteiger partial charge on any atom is -0.478 e. The zero-order valence-corrected chi connectivity index (χ0v) is 42.9. The van der Waals surface area contributed by atoms with Gasteiger partial charge in [0.25, 0.3) is 17.0 Å². The molecule has 2 aromatic heterocycles. The maximum Gasteiger partial charge on any atom is 0.335 e. The Morgan fingerprint density at radius 1 is 0.573 bits per heavy atom. The Kier molecular flexibility index (Phi) is 18.7. The van der Waals surface area contributed by atoms with Crippen molar-refractivity contribution in [1.29, 1.82) is 0 Å². The molecular weight excluding hydrogens is 941 g/mol. The molecule has 2 aliphatic heterocycles. The fraction of sp³-hybridized carbons (Fsp3) is 0.300. The molecule has 0 spiro atoms. The van der Waals surface area contributed by atoms with E-state index in [4.69, 9.17) is 10.8 Å². The first-order chi connectivity index (χ1) is 36.6. The minimum absolute atomic E-state index is 0.107. The summed E-state index contributed by atoms with van der Waals surface area (Å²) in [6.07, 6.45) is 12.2. The molecule has 8 aromatic rings. The molecule has 15 nitrogen and oxygen atoms in total. The van der Waals surface area contributed by atoms with Crippen LogP contribution >= 0.6 is 0 Å². The van der Waals surface area contributed by atoms with Gasteiger partial charge in [0.1, 0.15) is 0 Å². The Morgan fingerprint density at radius 3 is 1.39 bits per heavy atom. The van der Waals surface area contributed by atoms with E-state index in [1.807, 2.05) is 6.92 Å². The fourth-order valence-electron chi connectivity index (χ4n) is 9.35. The first kappa shape index (κ1) is 53.3. The molecule has 2 fully saturated rings. The lowest BCUT2D eigenvalue weighted by Crippen LogP contribution is -2.40. The lowest BCUT2D eigenvalue weighted by atomic mass is 10.0. The van der Waals surface area contributed by atoms with Gasteiger partial charge in [0.15, 0.2) is 11.6 Å². The standard InChI is InChI=1S/C30H33N5O2.C27H26N4O3.C3H9N/c1-2-15-32-29(36)24-9-11-27(12-10-24)35-19-16-31-28(30(35)37)33-26-13-17-34(18-14-26)21-22-7-8-23-5-3-4-6-25(23)20-22;32-26-25(28-13-16-31(26)24-9-7-21(8-10-24)27(33)34)29-23-11-14-30(15-12-23)18-19-5-6-20-3-1-2-4-22(20)17-19;1-2-3-4/h3-12,16,19-20,26H,2,13-15,17-18,21H2,1H3,(H,31,33)(H,32,36);1-10,13,16-17,23H,11-12,14-15,18H2,(H,28,29)(H,33,34);2-4H2,1H3. The topological polar surface area (TPSA) is 193 Å². The third-order valence-electron chi connectivity index (χ3n) is 13.6. The van der Waals surface area contributed by atoms with Crippen LogP contribution in [0, 0.1) is 0 Å². The van der Waals surface area contributed by atoms with Crippen molar-refractivity contribution in [3.63, 3.8) is 0 Å². The SMILES string of the molecule is CCCN.CCCNC(=O)c1ccc(-n2ccnc(NC3CCN(Cc4ccc5ccccc5c4)CC3)c2=O)cc1.O=C(O)c1ccc(-n2ccnc(NC3CCN(Cc4ccc5ccccc5c4)CC3)c2=O)cc1. The number of nitrogens with two attached hydrogens (primary N) is 1. The number of carbonyl (C=O) groups excluding carboxylic acids is 1. The number of carboxylic acid groups (broad SMARTS) is 1. The summed E-state index contributed by atoms with van der Waals surface area (Å²) in [5.74, 6) is -0.425. The van der Waals surface area contributed by atoms with E-state index >= 15 is 0 Å². The van der Waals surface area contributed by atoms with Crippen LogP contribution in [0.25, 0.3) is 32.9 Å². The lowest BCUT2D eigenvalue weighted by molar-refractivity contribution is 0.0696. The molecule has 6 N–H and O–H groups in total. The third kappa shape index (κ3) is 14.4. The molecule has 0 saturated carbocycles. The number of amides is 1. The zero-order valence-electron chi connectivity index (χ0n) is 42.9. The van der Waals surface area contributed by atoms with Crippen molar-refractivity contribution in [1.82, 2.24) is 34.2 Å². The first-order valence-electron chi connectivity index (χ1n) is 26.1. The van der Waals surface area contributed by atoms with Crippen LogP contribution in [-0.2, 0) is 13.1 Å². The number of hydrogen-bond donors (Lipinski definition) is 5. The van der Waals surface area contributed by atoms with Gasteiger partial charge in [-0.3, -0.25) is 33.3 Å². The molecule has 0 bridgehead atoms. The Hall–Kier alpha value is -7.98. The molecule has 6 aromatic carbocycles. The highest BCUT2D eigenvalue weighted by atomic mass is 16.4. The summed E-state index contributed by atoms with van der Waals surface area (Å²) in [5.41, 5.74) is 9.29. The van der Waals surface area contributed by atoms with Gasteiger partial charge in [-0.15, -0.1) is 0 Å². The Labute approximate surface area is 438 Å². The van der Waals surface area contributed by atoms with E-state index in [1.54, 1.807) is 65.8 Å². The van der Waals surface area contributed by atoms with Gasteiger partial charge in [-0.05, 0) is 138 Å². The number of anilines is 2. The van der Waals surface area contributed by atoms with Gasteiger partial charge < -0.3 is 26.8 Å². The lowest BCUT2D eigenvalue weighted by Gasteiger charge is -2.32. The number of nitrogens with zero attached hydrogens (tertiary/aromatic N) is 6. The highest BCUT2D eigenvalue weighted by molar-refractivity contribution is 5.94. The summed E-state index contributed by atoms with van der Waals surface area (Å²) in [5, 5.41) is 23.7. The van der Waals surface area contributed by atoms with Gasteiger partial charge in [0.05, 0.1) is 5.56 Å². The number of carboxylic acids is 1. The quantitative estimate of drug-likeness (QED) is 0.0655. The van der Waals surface area contributed by atoms with Crippen LogP contribution in [0.1, 0.15) is 84.2 Å². The highest BCUT2D eigenvalue weighted by Gasteiger charge is 2.23. The molecule has 1 amide bonds. The summed E-state index contributed by atoms with van der Waals surface area (Å²) in [6.45, 7) is 11.2. The van der Waals surface area contributed by atoms with Gasteiger partial charge in [-0.25, -0.2) is 14.8 Å². The summed E-state index contributed by atoms with van der Waals surface area (Å²) in [7, 11) is 0. The number of piperidine rings is 2. The Morgan fingerprint density at radius 2 is 0.987 bits per heavy atom. The predicted octanol–water partition coefficient (Wildman–Crippen LogP) is 9.12. The molecule has 2 saturated heterocycles. The number of likely N-dealkylation sites (tertiary alicyclic amines) is 2. The number of nitrogens with one attached hydrogen (secondary N) is 3. The molecular formula is C60H68N10O5. The van der Waals surface area contributed by atoms with Crippen molar-refractivity contribution >= 4 is 45.1 Å². The summed E-state index contributed by atoms with van der Waals surface area (Å²) in [6, 6.07) is 43.9. The monoisotopic (exact) mass is 1010 g/mol. The average molecular weight is 1010 g/mol. The number of benzene rings is 6. The highest BCUT2D eigenvalue weighted by Crippen LogP contribution is 2.22. The van der Waals surface area contributed by atoms with E-state index in [9.17, 15) is 19.2 Å². The number of rotatable bonds is 15. The van der Waals surface area contributed by atoms with E-state index in [1.165, 1.54) is 49.4 Å². The zero-order chi connectivity index (χ0) is 52.5. The van der Waals surface area contributed by atoms with Gasteiger partial charge in [-0.2, -0.15) is 0 Å². The largest absolute Gasteiger partial charge is 0.478 e. The smallest absolute Gasteiger partial charge is 0.335 e. The molecule has 0 aliphatic carbocycles. The van der Waals surface area contributed by atoms with Crippen LogP contribution in [-0.4, -0.2) is 97.2 Å². The second kappa shape index (κ2) is 26.3. The Bertz CT molecular complexity index is 3270. The van der Waals surface area contributed by atoms with Crippen molar-refractivity contribution in [2.24, 2.45) is 5.73 Å². The van der Waals surface area contributed by atoms with Crippen molar-refractivity contribution in [2.75, 3.05) is 49.9 Å². The normalized spacial score (nSPS) is 14.3. The molecule has 0 atom stereocenters. The molecule has 0 radical (unpaired) electrons. The molecule has 15 heteroatoms. The van der Waals surface area contributed by atoms with Gasteiger partial charge in [0, 0.05) is 99.6 Å². The second-order valence-electron chi connectivity index (χ2n) is 19.1. The number of carbonyl (C=O) groups is 2. The number of fused-ring (bicyclic) bond motifs is 2. The van der Waals surface area contributed by atoms with Crippen molar-refractivity contribution in [3.8, 4) is 11.4 Å². The van der Waals surface area contributed by atoms with Crippen LogP contribution in [0.3, 0.4) is 0 Å². The van der Waals surface area contributed by atoms with Crippen LogP contribution in [0.15, 0.2) is 168 Å². The Balaban J connectivity index is 0.000000187. The van der Waals surface area contributed by atoms with Crippen LogP contribution < -0.4 is 32.8 Å². The van der Waals surface area contributed by atoms with Crippen LogP contribution in [0.4, 0.5) is 11.6 Å². The van der Waals surface area contributed by atoms with E-state index < -0.39 is 5.97 Å². The van der Waals surface area contributed by atoms with Gasteiger partial charge in [-0.1, -0.05) is 86.6 Å². The van der Waals surface area contributed by atoms with Crippen molar-refractivity contribution in [3.05, 3.63) is 201 Å². The first-order valence-corrected chi connectivity index (χ1v) is 26.1. The molecule has 4 heterocycles. The molecule has 10 rings (SSSR count). The number of aromatic nitrogens is 4. The summed E-state index contributed by atoms with van der Waals surface area (Å²) >= 11 is 0. The third-order valence-corrected chi connectivity index (χ3v) is 13.6. The van der Waals surface area contributed by atoms with E-state index in [0.29, 0.717) is 35.1 Å². The predicted molar refractivity (Wildman–Crippen MR) is 300 cm³/mol. The van der Waals surface area contributed by atoms with Crippen LogP contribution in [0.2, 0.25) is 0 Å². The summed E-state index contributed by atoms with van der Waals surface area (Å²) < 4.78 is 3.05. The minimum atomic E-state index is -0.997. The molecule has 0 unspecified atom stereocenters. The summed E-state index contributed by atoms with van der Waals surface area (Å²) in [4.78, 5) is 62.9. The molecule has 75 heavy (non-hydrogen) atoms. The molecule has 388 valence electrons. The van der Waals surface area contributed by atoms with E-state index in [2.05, 4.69) is 128 Å². The fourth-order valence-corrected chi connectivity index (χ4v) is 9.35. The van der Waals surface area contributed by atoms with Crippen molar-refractivity contribution < 1.29 is 14.7 Å². The maximum atomic E-state index is 13.2. The molecule has 2 aliphatic rings. The second-order valence-corrected chi connectivity index (χ2v) is 19.1. The van der Waals surface area contributed by atoms with E-state index in [-0.39, 0.29) is 34.7 Å². The maximum absolute atomic E-state index is 13.2. The van der Waals surface area contributed by atoms with Gasteiger partial charge in [0.2, 0.25) is 0 Å². The van der Waals surface area contributed by atoms with Crippen molar-refractivity contribution in [2.45, 2.75) is 77.5 Å². The number of hydrogen-bond acceptors (Lipinski definition) is 11. The average Bonchev–Trinajstić information content (AvgIpc) is 3.45. The van der Waals surface area contributed by atoms with Gasteiger partial charge >= 0.3 is 5.97 Å².